The molecule has 10 heavy (non-hydrogen) atoms. The van der Waals surface area contributed by atoms with Crippen LogP contribution in [0.25, 0.3) is 0 Å². The van der Waals surface area contributed by atoms with E-state index < -0.39 is 6.64 Å². The molecule has 0 radical (unpaired) electrons. The number of imidazole rings is 1. The summed E-state index contributed by atoms with van der Waals surface area (Å²) >= 11 is 4.25. The van der Waals surface area contributed by atoms with Crippen LogP contribution in [0.4, 0.5) is 4.53 Å². The van der Waals surface area contributed by atoms with Gasteiger partial charge in [0.05, 0.1) is 6.33 Å². The second-order valence-corrected chi connectivity index (χ2v) is 4.40. The van der Waals surface area contributed by atoms with Gasteiger partial charge in [0, 0.05) is 12.4 Å². The number of halogens is 1. The average molecular weight is 181 g/mol. The molecule has 0 amide bonds. The Morgan fingerprint density at radius 2 is 2.50 bits per heavy atom. The van der Waals surface area contributed by atoms with Crippen LogP contribution >= 0.6 is 6.64 Å². The molecule has 0 aliphatic carbocycles. The molecule has 0 spiro atoms. The van der Waals surface area contributed by atoms with E-state index in [4.69, 9.17) is 0 Å². The molecule has 7 heteroatoms. The van der Waals surface area contributed by atoms with Crippen LogP contribution in [-0.2, 0) is 16.5 Å². The molecule has 0 fully saturated rings. The normalized spacial score (nSPS) is 16.6. The summed E-state index contributed by atoms with van der Waals surface area (Å²) < 4.78 is 15.4. The fourth-order valence-corrected chi connectivity index (χ4v) is 1.20. The van der Waals surface area contributed by atoms with Crippen LogP contribution in [-0.4, -0.2) is 9.32 Å². The number of nitrogens with zero attached hydrogens (tertiary/aromatic N) is 2. The highest BCUT2D eigenvalue weighted by Gasteiger charge is 2.03. The summed E-state index contributed by atoms with van der Waals surface area (Å²) in [7, 11) is 0. The molecule has 1 heterocycles. The zero-order valence-electron chi connectivity index (χ0n) is 4.68. The number of aromatic nitrogens is 2. The second kappa shape index (κ2) is 2.75. The minimum atomic E-state index is -3.71. The molecular formula is C3H3FN2O2PS-. The quantitative estimate of drug-likeness (QED) is 0.612. The molecule has 1 aromatic rings. The third-order valence-corrected chi connectivity index (χ3v) is 2.57. The monoisotopic (exact) mass is 181 g/mol. The average Bonchev–Trinajstić information content (AvgIpc) is 2.38. The molecule has 1 rings (SSSR count). The molecule has 0 N–H and O–H groups in total. The summed E-state index contributed by atoms with van der Waals surface area (Å²) in [6, 6.07) is 0. The van der Waals surface area contributed by atoms with Crippen molar-refractivity contribution in [2.75, 3.05) is 0 Å². The molecule has 0 aliphatic heterocycles. The summed E-state index contributed by atoms with van der Waals surface area (Å²) in [6.07, 6.45) is 3.73. The molecule has 56 valence electrons. The number of hydrogen-bond donors (Lipinski definition) is 0. The number of rotatable bonds is 2. The van der Waals surface area contributed by atoms with Crippen molar-refractivity contribution < 1.29 is 14.1 Å². The molecule has 4 nitrogen and oxygen atoms in total. The van der Waals surface area contributed by atoms with Gasteiger partial charge >= 0.3 is 0 Å². The Kier molecular flexibility index (Phi) is 2.15. The maximum atomic E-state index is 11.4. The SMILES string of the molecule is [O-]P(=S)(OF)n1ccnc1. The van der Waals surface area contributed by atoms with Crippen molar-refractivity contribution in [1.82, 2.24) is 9.32 Å². The van der Waals surface area contributed by atoms with Gasteiger partial charge in [-0.05, 0) is 4.53 Å². The molecule has 0 saturated heterocycles. The lowest BCUT2D eigenvalue weighted by Crippen LogP contribution is -2.07. The maximum Gasteiger partial charge on any atom is 0.132 e. The van der Waals surface area contributed by atoms with E-state index in [2.05, 4.69) is 21.5 Å². The minimum Gasteiger partial charge on any atom is -0.782 e. The van der Waals surface area contributed by atoms with E-state index in [0.29, 0.717) is 0 Å². The topological polar surface area (TPSA) is 50.1 Å². The zero-order valence-corrected chi connectivity index (χ0v) is 6.39. The highest BCUT2D eigenvalue weighted by Crippen LogP contribution is 2.38. The van der Waals surface area contributed by atoms with Crippen molar-refractivity contribution in [3.8, 4) is 0 Å². The fourth-order valence-electron chi connectivity index (χ4n) is 0.433. The van der Waals surface area contributed by atoms with Crippen molar-refractivity contribution in [2.45, 2.75) is 0 Å². The molecule has 0 aliphatic rings. The second-order valence-electron chi connectivity index (χ2n) is 1.48. The van der Waals surface area contributed by atoms with Gasteiger partial charge in [-0.15, -0.1) is 0 Å². The lowest BCUT2D eigenvalue weighted by Gasteiger charge is -2.21. The third-order valence-electron chi connectivity index (χ3n) is 0.860. The van der Waals surface area contributed by atoms with Gasteiger partial charge in [0.15, 0.2) is 0 Å². The van der Waals surface area contributed by atoms with Crippen LogP contribution in [0.3, 0.4) is 0 Å². The third kappa shape index (κ3) is 1.41. The van der Waals surface area contributed by atoms with Crippen molar-refractivity contribution >= 4 is 18.4 Å². The molecule has 1 atom stereocenters. The highest BCUT2D eigenvalue weighted by molar-refractivity contribution is 8.07. The van der Waals surface area contributed by atoms with Gasteiger partial charge in [0.1, 0.15) is 6.64 Å². The Hall–Kier alpha value is -0.290. The van der Waals surface area contributed by atoms with E-state index in [1.54, 1.807) is 0 Å². The largest absolute Gasteiger partial charge is 0.782 e. The van der Waals surface area contributed by atoms with E-state index in [1.165, 1.54) is 12.4 Å². The summed E-state index contributed by atoms with van der Waals surface area (Å²) in [4.78, 5) is 14.3. The predicted molar refractivity (Wildman–Crippen MR) is 34.1 cm³/mol. The van der Waals surface area contributed by atoms with E-state index in [9.17, 15) is 9.42 Å². The van der Waals surface area contributed by atoms with E-state index >= 15 is 0 Å². The van der Waals surface area contributed by atoms with Gasteiger partial charge in [-0.1, -0.05) is 11.8 Å². The van der Waals surface area contributed by atoms with Crippen LogP contribution in [0.15, 0.2) is 18.7 Å². The molecule has 0 aromatic carbocycles. The van der Waals surface area contributed by atoms with Gasteiger partial charge < -0.3 is 4.89 Å². The minimum absolute atomic E-state index is 0.905. The van der Waals surface area contributed by atoms with Crippen molar-refractivity contribution in [2.24, 2.45) is 0 Å². The van der Waals surface area contributed by atoms with Gasteiger partial charge in [0.2, 0.25) is 0 Å². The highest BCUT2D eigenvalue weighted by atomic mass is 32.5. The van der Waals surface area contributed by atoms with Crippen LogP contribution in [0.5, 0.6) is 0 Å². The first-order valence-corrected chi connectivity index (χ1v) is 4.86. The maximum absolute atomic E-state index is 11.4. The molecule has 0 bridgehead atoms. The van der Waals surface area contributed by atoms with E-state index in [0.717, 1.165) is 10.7 Å². The fraction of sp³-hybridized carbons (Fsp3) is 0. The number of hydrogen-bond acceptors (Lipinski definition) is 4. The predicted octanol–water partition coefficient (Wildman–Crippen LogP) is 0.217. The Labute approximate surface area is 61.4 Å². The van der Waals surface area contributed by atoms with Crippen molar-refractivity contribution in [3.05, 3.63) is 18.7 Å². The smallest absolute Gasteiger partial charge is 0.132 e. The lowest BCUT2D eigenvalue weighted by atomic mass is 11.0. The van der Waals surface area contributed by atoms with Gasteiger partial charge in [0.25, 0.3) is 0 Å². The van der Waals surface area contributed by atoms with E-state index in [-0.39, 0.29) is 0 Å². The summed E-state index contributed by atoms with van der Waals surface area (Å²) in [5.74, 6) is 0. The van der Waals surface area contributed by atoms with Crippen LogP contribution in [0, 0.1) is 0 Å². The first kappa shape index (κ1) is 7.81. The van der Waals surface area contributed by atoms with E-state index in [1.807, 2.05) is 0 Å². The standard InChI is InChI=1S/C3H4FN2O2PS/c4-8-9(7,10)6-2-1-5-3-6/h1-3H,(H,7,10)/p-1. The Bertz CT molecular complexity index is 251. The summed E-state index contributed by atoms with van der Waals surface area (Å²) in [5, 5.41) is 0. The van der Waals surface area contributed by atoms with Crippen molar-refractivity contribution in [1.29, 1.82) is 0 Å². The van der Waals surface area contributed by atoms with Gasteiger partial charge in [-0.25, -0.2) is 4.98 Å². The lowest BCUT2D eigenvalue weighted by molar-refractivity contribution is -0.212. The molecular weight excluding hydrogens is 178 g/mol. The van der Waals surface area contributed by atoms with Gasteiger partial charge in [-0.2, -0.15) is 4.73 Å². The molecule has 0 saturated carbocycles. The Morgan fingerprint density at radius 1 is 1.80 bits per heavy atom. The van der Waals surface area contributed by atoms with Crippen LogP contribution in [0.1, 0.15) is 0 Å². The van der Waals surface area contributed by atoms with Gasteiger partial charge in [-0.3, -0.25) is 4.34 Å². The van der Waals surface area contributed by atoms with Crippen LogP contribution in [0.2, 0.25) is 0 Å². The first-order valence-electron chi connectivity index (χ1n) is 2.27. The molecule has 1 unspecified atom stereocenters. The summed E-state index contributed by atoms with van der Waals surface area (Å²) in [6.45, 7) is -3.71. The molecule has 1 aromatic heterocycles. The van der Waals surface area contributed by atoms with Crippen molar-refractivity contribution in [3.63, 3.8) is 0 Å². The first-order chi connectivity index (χ1) is 4.67. The zero-order chi connectivity index (χ0) is 7.61. The Balaban J connectivity index is 2.97. The van der Waals surface area contributed by atoms with Crippen LogP contribution < -0.4 is 4.89 Å². The Morgan fingerprint density at radius 3 is 2.90 bits per heavy atom. The summed E-state index contributed by atoms with van der Waals surface area (Å²) in [5.41, 5.74) is 0.